The van der Waals surface area contributed by atoms with Gasteiger partial charge in [-0.1, -0.05) is 30.7 Å². The van der Waals surface area contributed by atoms with Gasteiger partial charge in [0.05, 0.1) is 0 Å². The Morgan fingerprint density at radius 3 is 2.53 bits per heavy atom. The van der Waals surface area contributed by atoms with Crippen molar-refractivity contribution in [1.29, 1.82) is 0 Å². The Morgan fingerprint density at radius 2 is 2.07 bits per heavy atom. The Bertz CT molecular complexity index is 285. The maximum atomic E-state index is 10.4. The number of aliphatic hydroxyl groups is 1. The summed E-state index contributed by atoms with van der Waals surface area (Å²) in [6.45, 7) is 11.0. The van der Waals surface area contributed by atoms with E-state index in [2.05, 4.69) is 46.0 Å². The molecule has 0 aromatic rings. The van der Waals surface area contributed by atoms with Crippen molar-refractivity contribution >= 4 is 0 Å². The highest BCUT2D eigenvalue weighted by molar-refractivity contribution is 5.28. The van der Waals surface area contributed by atoms with E-state index in [4.69, 9.17) is 0 Å². The molecule has 15 heavy (non-hydrogen) atoms. The highest BCUT2D eigenvalue weighted by Crippen LogP contribution is 2.26. The molecule has 0 saturated carbocycles. The average Bonchev–Trinajstić information content (AvgIpc) is 2.08. The molecule has 86 valence electrons. The lowest BCUT2D eigenvalue weighted by Crippen LogP contribution is -2.50. The first-order valence-corrected chi connectivity index (χ1v) is 5.58. The third-order valence-electron chi connectivity index (χ3n) is 2.84. The third-order valence-corrected chi connectivity index (χ3v) is 2.84. The summed E-state index contributed by atoms with van der Waals surface area (Å²) in [4.78, 5) is 0. The SMILES string of the molecule is CC1=CC(C)C(O)(CNC(C)(C)C)C=C1. The lowest BCUT2D eigenvalue weighted by molar-refractivity contribution is 0.0464. The van der Waals surface area contributed by atoms with Gasteiger partial charge in [0.2, 0.25) is 0 Å². The summed E-state index contributed by atoms with van der Waals surface area (Å²) in [6, 6.07) is 0. The molecule has 2 heteroatoms. The van der Waals surface area contributed by atoms with Crippen molar-refractivity contribution < 1.29 is 5.11 Å². The number of hydrogen-bond donors (Lipinski definition) is 2. The molecular weight excluding hydrogens is 186 g/mol. The second kappa shape index (κ2) is 4.11. The molecule has 0 bridgehead atoms. The molecule has 0 saturated heterocycles. The first kappa shape index (κ1) is 12.5. The molecule has 1 rings (SSSR count). The molecule has 0 fully saturated rings. The van der Waals surface area contributed by atoms with Crippen molar-refractivity contribution in [2.24, 2.45) is 5.92 Å². The van der Waals surface area contributed by atoms with E-state index in [1.54, 1.807) is 0 Å². The third kappa shape index (κ3) is 3.47. The number of rotatable bonds is 2. The van der Waals surface area contributed by atoms with Gasteiger partial charge in [-0.05, 0) is 27.7 Å². The Morgan fingerprint density at radius 1 is 1.47 bits per heavy atom. The first-order chi connectivity index (χ1) is 6.73. The van der Waals surface area contributed by atoms with Crippen LogP contribution in [0.3, 0.4) is 0 Å². The Hall–Kier alpha value is -0.600. The molecule has 0 aromatic carbocycles. The molecule has 0 spiro atoms. The van der Waals surface area contributed by atoms with Crippen LogP contribution in [0.2, 0.25) is 0 Å². The van der Waals surface area contributed by atoms with E-state index in [0.29, 0.717) is 6.54 Å². The normalized spacial score (nSPS) is 31.6. The predicted octanol–water partition coefficient (Wildman–Crippen LogP) is 2.26. The van der Waals surface area contributed by atoms with E-state index in [1.165, 1.54) is 5.57 Å². The highest BCUT2D eigenvalue weighted by atomic mass is 16.3. The summed E-state index contributed by atoms with van der Waals surface area (Å²) in [5, 5.41) is 13.8. The molecule has 1 aliphatic carbocycles. The molecule has 2 unspecified atom stereocenters. The van der Waals surface area contributed by atoms with Gasteiger partial charge < -0.3 is 10.4 Å². The predicted molar refractivity (Wildman–Crippen MR) is 64.8 cm³/mol. The van der Waals surface area contributed by atoms with Crippen molar-refractivity contribution in [1.82, 2.24) is 5.32 Å². The first-order valence-electron chi connectivity index (χ1n) is 5.58. The monoisotopic (exact) mass is 209 g/mol. The minimum atomic E-state index is -0.743. The van der Waals surface area contributed by atoms with Gasteiger partial charge in [0.25, 0.3) is 0 Å². The maximum absolute atomic E-state index is 10.4. The summed E-state index contributed by atoms with van der Waals surface area (Å²) in [5.74, 6) is 0.164. The summed E-state index contributed by atoms with van der Waals surface area (Å²) >= 11 is 0. The molecule has 0 aromatic heterocycles. The van der Waals surface area contributed by atoms with Crippen molar-refractivity contribution in [2.45, 2.75) is 45.8 Å². The van der Waals surface area contributed by atoms with Gasteiger partial charge in [-0.15, -0.1) is 0 Å². The second-order valence-electron chi connectivity index (χ2n) is 5.63. The summed E-state index contributed by atoms with van der Waals surface area (Å²) < 4.78 is 0. The van der Waals surface area contributed by atoms with Crippen LogP contribution < -0.4 is 5.32 Å². The minimum Gasteiger partial charge on any atom is -0.384 e. The Balaban J connectivity index is 2.65. The second-order valence-corrected chi connectivity index (χ2v) is 5.63. The lowest BCUT2D eigenvalue weighted by Gasteiger charge is -2.35. The number of nitrogens with one attached hydrogen (secondary N) is 1. The Kier molecular flexibility index (Phi) is 3.41. The van der Waals surface area contributed by atoms with Gasteiger partial charge in [0, 0.05) is 18.0 Å². The summed E-state index contributed by atoms with van der Waals surface area (Å²) in [6.07, 6.45) is 6.01. The van der Waals surface area contributed by atoms with Crippen LogP contribution in [-0.4, -0.2) is 22.8 Å². The van der Waals surface area contributed by atoms with Crippen LogP contribution in [0.4, 0.5) is 0 Å². The number of allylic oxidation sites excluding steroid dienone is 2. The molecule has 2 atom stereocenters. The summed E-state index contributed by atoms with van der Waals surface area (Å²) in [5.41, 5.74) is 0.523. The quantitative estimate of drug-likeness (QED) is 0.731. The zero-order valence-corrected chi connectivity index (χ0v) is 10.5. The van der Waals surface area contributed by atoms with Crippen LogP contribution in [0.1, 0.15) is 34.6 Å². The highest BCUT2D eigenvalue weighted by Gasteiger charge is 2.32. The number of β-amino-alcohol motifs (C(OH)–C–C–N with tert-alkyl or cyclic N) is 1. The van der Waals surface area contributed by atoms with Crippen LogP contribution >= 0.6 is 0 Å². The van der Waals surface area contributed by atoms with Gasteiger partial charge in [0.15, 0.2) is 0 Å². The van der Waals surface area contributed by atoms with Crippen LogP contribution in [0.5, 0.6) is 0 Å². The van der Waals surface area contributed by atoms with Gasteiger partial charge in [0.1, 0.15) is 5.60 Å². The minimum absolute atomic E-state index is 0.0412. The van der Waals surface area contributed by atoms with E-state index < -0.39 is 5.60 Å². The number of hydrogen-bond acceptors (Lipinski definition) is 2. The van der Waals surface area contributed by atoms with Gasteiger partial charge in [-0.25, -0.2) is 0 Å². The van der Waals surface area contributed by atoms with E-state index in [-0.39, 0.29) is 11.5 Å². The molecule has 0 radical (unpaired) electrons. The van der Waals surface area contributed by atoms with Crippen molar-refractivity contribution in [3.63, 3.8) is 0 Å². The fraction of sp³-hybridized carbons (Fsp3) is 0.692. The topological polar surface area (TPSA) is 32.3 Å². The van der Waals surface area contributed by atoms with E-state index in [0.717, 1.165) is 0 Å². The molecule has 0 amide bonds. The zero-order chi connectivity index (χ0) is 11.7. The van der Waals surface area contributed by atoms with E-state index >= 15 is 0 Å². The van der Waals surface area contributed by atoms with Gasteiger partial charge in [-0.2, -0.15) is 0 Å². The van der Waals surface area contributed by atoms with E-state index in [9.17, 15) is 5.11 Å². The van der Waals surface area contributed by atoms with Gasteiger partial charge >= 0.3 is 0 Å². The van der Waals surface area contributed by atoms with Crippen molar-refractivity contribution in [3.8, 4) is 0 Å². The fourth-order valence-electron chi connectivity index (χ4n) is 1.65. The molecule has 2 nitrogen and oxygen atoms in total. The maximum Gasteiger partial charge on any atom is 0.101 e. The van der Waals surface area contributed by atoms with Crippen LogP contribution in [0, 0.1) is 5.92 Å². The lowest BCUT2D eigenvalue weighted by atomic mass is 9.82. The van der Waals surface area contributed by atoms with Crippen molar-refractivity contribution in [3.05, 3.63) is 23.8 Å². The standard InChI is InChI=1S/C13H23NO/c1-10-6-7-13(15,11(2)8-10)9-14-12(3,4)5/h6-8,11,14-15H,9H2,1-5H3. The molecule has 0 heterocycles. The molecular formula is C13H23NO. The summed E-state index contributed by atoms with van der Waals surface area (Å²) in [7, 11) is 0. The Labute approximate surface area is 93.1 Å². The molecule has 0 aliphatic heterocycles. The van der Waals surface area contributed by atoms with Crippen LogP contribution in [0.25, 0.3) is 0 Å². The van der Waals surface area contributed by atoms with Gasteiger partial charge in [-0.3, -0.25) is 0 Å². The van der Waals surface area contributed by atoms with E-state index in [1.807, 2.05) is 12.2 Å². The largest absolute Gasteiger partial charge is 0.384 e. The molecule has 2 N–H and O–H groups in total. The fourth-order valence-corrected chi connectivity index (χ4v) is 1.65. The van der Waals surface area contributed by atoms with Crippen molar-refractivity contribution in [2.75, 3.05) is 6.54 Å². The van der Waals surface area contributed by atoms with Crippen LogP contribution in [-0.2, 0) is 0 Å². The smallest absolute Gasteiger partial charge is 0.101 e. The molecule has 1 aliphatic rings. The average molecular weight is 209 g/mol. The van der Waals surface area contributed by atoms with Crippen LogP contribution in [0.15, 0.2) is 23.8 Å². The zero-order valence-electron chi connectivity index (χ0n) is 10.5.